The topological polar surface area (TPSA) is 29.3 Å². The van der Waals surface area contributed by atoms with Crippen molar-refractivity contribution in [3.63, 3.8) is 0 Å². The Labute approximate surface area is 124 Å². The highest BCUT2D eigenvalue weighted by atomic mass is 19.1. The van der Waals surface area contributed by atoms with Crippen LogP contribution in [0.3, 0.4) is 0 Å². The zero-order chi connectivity index (χ0) is 15.4. The molecule has 0 aromatic heterocycles. The van der Waals surface area contributed by atoms with Crippen molar-refractivity contribution in [2.45, 2.75) is 26.3 Å². The fourth-order valence-electron chi connectivity index (χ4n) is 2.41. The molecule has 0 bridgehead atoms. The van der Waals surface area contributed by atoms with Crippen LogP contribution in [-0.4, -0.2) is 12.6 Å². The van der Waals surface area contributed by atoms with Gasteiger partial charge in [0.2, 0.25) is 0 Å². The van der Waals surface area contributed by atoms with Gasteiger partial charge in [-0.1, -0.05) is 18.2 Å². The summed E-state index contributed by atoms with van der Waals surface area (Å²) >= 11 is 0. The minimum atomic E-state index is -0.363. The normalized spacial score (nSPS) is 12.2. The average Bonchev–Trinajstić information content (AvgIpc) is 2.43. The lowest BCUT2D eigenvalue weighted by molar-refractivity contribution is 0.611. The second-order valence-electron chi connectivity index (χ2n) is 5.16. The van der Waals surface area contributed by atoms with Crippen LogP contribution in [0.2, 0.25) is 0 Å². The molecule has 112 valence electrons. The standard InChI is InChI=1S/C17H20F2N2/c1-3-21(16-7-5-4-6-14(16)18)17-9-8-13(10-12(2)20)11-15(17)19/h4-9,11-12H,3,10,20H2,1-2H3. The van der Waals surface area contributed by atoms with Gasteiger partial charge >= 0.3 is 0 Å². The number of para-hydroxylation sites is 1. The molecular weight excluding hydrogens is 270 g/mol. The molecule has 0 heterocycles. The van der Waals surface area contributed by atoms with E-state index >= 15 is 0 Å². The first-order valence-electron chi connectivity index (χ1n) is 7.09. The Morgan fingerprint density at radius 1 is 1.05 bits per heavy atom. The maximum Gasteiger partial charge on any atom is 0.147 e. The van der Waals surface area contributed by atoms with Crippen molar-refractivity contribution in [3.05, 3.63) is 59.7 Å². The third-order valence-electron chi connectivity index (χ3n) is 3.32. The molecule has 0 amide bonds. The monoisotopic (exact) mass is 290 g/mol. The number of anilines is 2. The smallest absolute Gasteiger partial charge is 0.147 e. The number of hydrogen-bond donors (Lipinski definition) is 1. The first-order valence-corrected chi connectivity index (χ1v) is 7.09. The Bertz CT molecular complexity index is 611. The Kier molecular flexibility index (Phi) is 4.91. The number of halogens is 2. The minimum absolute atomic E-state index is 0.0240. The van der Waals surface area contributed by atoms with Gasteiger partial charge in [-0.2, -0.15) is 0 Å². The summed E-state index contributed by atoms with van der Waals surface area (Å²) in [6.45, 7) is 4.22. The molecule has 0 aliphatic rings. The second-order valence-corrected chi connectivity index (χ2v) is 5.16. The molecule has 2 N–H and O–H groups in total. The predicted molar refractivity (Wildman–Crippen MR) is 82.8 cm³/mol. The summed E-state index contributed by atoms with van der Waals surface area (Å²) in [5.41, 5.74) is 7.32. The van der Waals surface area contributed by atoms with E-state index in [2.05, 4.69) is 0 Å². The van der Waals surface area contributed by atoms with E-state index in [0.29, 0.717) is 24.3 Å². The zero-order valence-electron chi connectivity index (χ0n) is 12.3. The molecule has 0 saturated carbocycles. The van der Waals surface area contributed by atoms with Crippen molar-refractivity contribution in [1.29, 1.82) is 0 Å². The van der Waals surface area contributed by atoms with E-state index in [0.717, 1.165) is 5.56 Å². The lowest BCUT2D eigenvalue weighted by Crippen LogP contribution is -2.20. The quantitative estimate of drug-likeness (QED) is 0.901. The summed E-state index contributed by atoms with van der Waals surface area (Å²) in [4.78, 5) is 1.63. The van der Waals surface area contributed by atoms with Crippen molar-refractivity contribution in [3.8, 4) is 0 Å². The summed E-state index contributed by atoms with van der Waals surface area (Å²) in [6.07, 6.45) is 0.614. The number of nitrogens with two attached hydrogens (primary N) is 1. The van der Waals surface area contributed by atoms with Crippen LogP contribution in [-0.2, 0) is 6.42 Å². The van der Waals surface area contributed by atoms with Crippen LogP contribution in [0.15, 0.2) is 42.5 Å². The molecular formula is C17H20F2N2. The summed E-state index contributed by atoms with van der Waals surface area (Å²) in [5, 5.41) is 0. The third-order valence-corrected chi connectivity index (χ3v) is 3.32. The van der Waals surface area contributed by atoms with E-state index in [1.54, 1.807) is 29.2 Å². The Balaban J connectivity index is 2.37. The van der Waals surface area contributed by atoms with Gasteiger partial charge in [0.15, 0.2) is 0 Å². The van der Waals surface area contributed by atoms with Gasteiger partial charge in [-0.3, -0.25) is 0 Å². The molecule has 2 aromatic rings. The molecule has 1 atom stereocenters. The lowest BCUT2D eigenvalue weighted by Gasteiger charge is -2.24. The van der Waals surface area contributed by atoms with Crippen LogP contribution in [0.25, 0.3) is 0 Å². The van der Waals surface area contributed by atoms with Crippen LogP contribution in [0.1, 0.15) is 19.4 Å². The molecule has 0 saturated heterocycles. The van der Waals surface area contributed by atoms with Crippen molar-refractivity contribution in [2.75, 3.05) is 11.4 Å². The van der Waals surface area contributed by atoms with Crippen LogP contribution in [0.5, 0.6) is 0 Å². The van der Waals surface area contributed by atoms with Gasteiger partial charge in [-0.25, -0.2) is 8.78 Å². The van der Waals surface area contributed by atoms with E-state index in [1.807, 2.05) is 19.9 Å². The van der Waals surface area contributed by atoms with E-state index in [1.165, 1.54) is 12.1 Å². The molecule has 2 aromatic carbocycles. The van der Waals surface area contributed by atoms with Gasteiger partial charge < -0.3 is 10.6 Å². The molecule has 1 unspecified atom stereocenters. The summed E-state index contributed by atoms with van der Waals surface area (Å²) in [5.74, 6) is -0.725. The largest absolute Gasteiger partial charge is 0.337 e. The molecule has 2 nitrogen and oxygen atoms in total. The highest BCUT2D eigenvalue weighted by Crippen LogP contribution is 2.30. The first kappa shape index (κ1) is 15.4. The van der Waals surface area contributed by atoms with Crippen LogP contribution in [0.4, 0.5) is 20.2 Å². The molecule has 0 radical (unpaired) electrons. The first-order chi connectivity index (χ1) is 10.0. The van der Waals surface area contributed by atoms with Gasteiger partial charge in [0.25, 0.3) is 0 Å². The Morgan fingerprint density at radius 3 is 2.29 bits per heavy atom. The minimum Gasteiger partial charge on any atom is -0.337 e. The summed E-state index contributed by atoms with van der Waals surface area (Å²) < 4.78 is 28.3. The zero-order valence-corrected chi connectivity index (χ0v) is 12.3. The second kappa shape index (κ2) is 6.68. The molecule has 21 heavy (non-hydrogen) atoms. The van der Waals surface area contributed by atoms with Crippen LogP contribution in [0, 0.1) is 11.6 Å². The maximum atomic E-state index is 14.4. The van der Waals surface area contributed by atoms with E-state index in [9.17, 15) is 8.78 Å². The van der Waals surface area contributed by atoms with Gasteiger partial charge in [0.05, 0.1) is 11.4 Å². The predicted octanol–water partition coefficient (Wildman–Crippen LogP) is 4.01. The number of rotatable bonds is 5. The highest BCUT2D eigenvalue weighted by Gasteiger charge is 2.15. The number of nitrogens with zero attached hydrogens (tertiary/aromatic N) is 1. The molecule has 0 spiro atoms. The van der Waals surface area contributed by atoms with Gasteiger partial charge in [-0.05, 0) is 50.1 Å². The maximum absolute atomic E-state index is 14.4. The molecule has 0 aliphatic carbocycles. The van der Waals surface area contributed by atoms with Gasteiger partial charge in [-0.15, -0.1) is 0 Å². The van der Waals surface area contributed by atoms with Crippen LogP contribution < -0.4 is 10.6 Å². The lowest BCUT2D eigenvalue weighted by atomic mass is 10.1. The fourth-order valence-corrected chi connectivity index (χ4v) is 2.41. The summed E-state index contributed by atoms with van der Waals surface area (Å²) in [6, 6.07) is 11.4. The van der Waals surface area contributed by atoms with Gasteiger partial charge in [0.1, 0.15) is 11.6 Å². The van der Waals surface area contributed by atoms with E-state index < -0.39 is 0 Å². The van der Waals surface area contributed by atoms with Crippen LogP contribution >= 0.6 is 0 Å². The Morgan fingerprint density at radius 2 is 1.71 bits per heavy atom. The summed E-state index contributed by atoms with van der Waals surface area (Å²) in [7, 11) is 0. The van der Waals surface area contributed by atoms with Crippen molar-refractivity contribution in [2.24, 2.45) is 5.73 Å². The Hall–Kier alpha value is -1.94. The van der Waals surface area contributed by atoms with E-state index in [-0.39, 0.29) is 17.7 Å². The SMILES string of the molecule is CCN(c1ccccc1F)c1ccc(CC(C)N)cc1F. The molecule has 0 aliphatic heterocycles. The van der Waals surface area contributed by atoms with Crippen molar-refractivity contribution < 1.29 is 8.78 Å². The number of hydrogen-bond acceptors (Lipinski definition) is 2. The number of benzene rings is 2. The van der Waals surface area contributed by atoms with Gasteiger partial charge in [0, 0.05) is 12.6 Å². The van der Waals surface area contributed by atoms with Crippen molar-refractivity contribution in [1.82, 2.24) is 0 Å². The third kappa shape index (κ3) is 3.58. The molecule has 4 heteroatoms. The molecule has 2 rings (SSSR count). The van der Waals surface area contributed by atoms with E-state index in [4.69, 9.17) is 5.73 Å². The fraction of sp³-hybridized carbons (Fsp3) is 0.294. The molecule has 0 fully saturated rings. The van der Waals surface area contributed by atoms with Crippen molar-refractivity contribution >= 4 is 11.4 Å². The average molecular weight is 290 g/mol. The highest BCUT2D eigenvalue weighted by molar-refractivity contribution is 5.64.